The molecule has 0 saturated carbocycles. The Hall–Kier alpha value is -4.51. The highest BCUT2D eigenvalue weighted by Gasteiger charge is 2.34. The Morgan fingerprint density at radius 1 is 1.18 bits per heavy atom. The van der Waals surface area contributed by atoms with Crippen molar-refractivity contribution >= 4 is 28.8 Å². The summed E-state index contributed by atoms with van der Waals surface area (Å²) in [5, 5.41) is 23.8. The highest BCUT2D eigenvalue weighted by atomic mass is 35.5. The highest BCUT2D eigenvalue weighted by Crippen LogP contribution is 2.36. The molecule has 1 aromatic carbocycles. The van der Waals surface area contributed by atoms with Gasteiger partial charge in [0, 0.05) is 17.8 Å². The Bertz CT molecular complexity index is 1570. The van der Waals surface area contributed by atoms with Gasteiger partial charge in [0.25, 0.3) is 0 Å². The van der Waals surface area contributed by atoms with Crippen LogP contribution in [0.4, 0.5) is 30.4 Å². The van der Waals surface area contributed by atoms with Gasteiger partial charge in [-0.3, -0.25) is 0 Å². The monoisotopic (exact) mass is 570 g/mol. The zero-order valence-electron chi connectivity index (χ0n) is 21.3. The van der Waals surface area contributed by atoms with E-state index in [1.807, 2.05) is 13.8 Å². The van der Waals surface area contributed by atoms with E-state index in [-0.39, 0.29) is 24.1 Å². The molecule has 206 valence electrons. The molecule has 4 heterocycles. The van der Waals surface area contributed by atoms with Gasteiger partial charge >= 0.3 is 6.18 Å². The largest absolute Gasteiger partial charge is 0.474 e. The van der Waals surface area contributed by atoms with E-state index < -0.39 is 22.8 Å². The van der Waals surface area contributed by atoms with Crippen LogP contribution in [0.5, 0.6) is 5.88 Å². The topological polar surface area (TPSA) is 131 Å². The molecule has 5 rings (SSSR count). The molecule has 4 aromatic rings. The number of ether oxygens (including phenoxy) is 1. The van der Waals surface area contributed by atoms with Gasteiger partial charge in [-0.2, -0.15) is 18.4 Å². The van der Waals surface area contributed by atoms with E-state index >= 15 is 0 Å². The molecule has 0 bridgehead atoms. The van der Waals surface area contributed by atoms with Crippen molar-refractivity contribution in [2.45, 2.75) is 38.5 Å². The minimum absolute atomic E-state index is 0.219. The quantitative estimate of drug-likeness (QED) is 0.338. The maximum absolute atomic E-state index is 13.5. The number of alkyl halides is 3. The average Bonchev–Trinajstić information content (AvgIpc) is 3.48. The number of hydrogen-bond acceptors (Lipinski definition) is 10. The molecule has 0 saturated heterocycles. The van der Waals surface area contributed by atoms with Gasteiger partial charge in [-0.1, -0.05) is 11.6 Å². The zero-order valence-corrected chi connectivity index (χ0v) is 22.1. The number of hydrogen-bond donors (Lipinski definition) is 1. The standard InChI is InChI=1S/C25H22ClF3N10O/c1-24(2,39-14-34-36-37-39)12-40-23-20(26)7-16(10-31-23)35-22-18-5-6-38(11-21(18)32-13-33-22)17-4-3-15(9-30)19(8-17)25(27,28)29/h3-4,7-8,10,13-14H,5-6,11-12H2,1-2H3,(H,32,33,35). The van der Waals surface area contributed by atoms with Crippen molar-refractivity contribution in [3.8, 4) is 11.9 Å². The maximum atomic E-state index is 13.5. The van der Waals surface area contributed by atoms with Crippen molar-refractivity contribution < 1.29 is 17.9 Å². The first kappa shape index (κ1) is 27.1. The molecule has 0 aliphatic carbocycles. The maximum Gasteiger partial charge on any atom is 0.417 e. The first-order chi connectivity index (χ1) is 19.0. The summed E-state index contributed by atoms with van der Waals surface area (Å²) in [5.41, 5.74) is 0.531. The van der Waals surface area contributed by atoms with Crippen LogP contribution >= 0.6 is 11.6 Å². The average molecular weight is 571 g/mol. The highest BCUT2D eigenvalue weighted by molar-refractivity contribution is 6.32. The first-order valence-corrected chi connectivity index (χ1v) is 12.4. The fourth-order valence-corrected chi connectivity index (χ4v) is 4.45. The van der Waals surface area contributed by atoms with Gasteiger partial charge in [0.1, 0.15) is 30.1 Å². The molecule has 15 heteroatoms. The second-order valence-electron chi connectivity index (χ2n) is 9.65. The van der Waals surface area contributed by atoms with E-state index in [0.717, 1.165) is 11.6 Å². The Balaban J connectivity index is 1.30. The molecular formula is C25H22ClF3N10O. The molecule has 1 aliphatic heterocycles. The number of fused-ring (bicyclic) bond motifs is 1. The second-order valence-corrected chi connectivity index (χ2v) is 10.1. The number of nitrogens with zero attached hydrogens (tertiary/aromatic N) is 9. The normalized spacial score (nSPS) is 13.5. The van der Waals surface area contributed by atoms with Gasteiger partial charge in [0.05, 0.1) is 46.9 Å². The number of halogens is 4. The molecule has 0 spiro atoms. The number of anilines is 3. The number of aromatic nitrogens is 7. The van der Waals surface area contributed by atoms with Crippen LogP contribution in [0.15, 0.2) is 43.1 Å². The van der Waals surface area contributed by atoms with E-state index in [9.17, 15) is 13.2 Å². The Morgan fingerprint density at radius 2 is 2.00 bits per heavy atom. The number of nitriles is 1. The lowest BCUT2D eigenvalue weighted by Crippen LogP contribution is -2.34. The minimum Gasteiger partial charge on any atom is -0.474 e. The molecule has 0 fully saturated rings. The van der Waals surface area contributed by atoms with Crippen LogP contribution in [-0.2, 0) is 24.7 Å². The number of nitrogens with one attached hydrogen (secondary N) is 1. The van der Waals surface area contributed by atoms with Gasteiger partial charge in [0.2, 0.25) is 5.88 Å². The number of tetrazole rings is 1. The molecule has 11 nitrogen and oxygen atoms in total. The molecule has 40 heavy (non-hydrogen) atoms. The molecule has 1 N–H and O–H groups in total. The third-order valence-corrected chi connectivity index (χ3v) is 6.67. The van der Waals surface area contributed by atoms with Crippen molar-refractivity contribution in [3.05, 3.63) is 70.5 Å². The summed E-state index contributed by atoms with van der Waals surface area (Å²) < 4.78 is 47.8. The van der Waals surface area contributed by atoms with E-state index in [2.05, 4.69) is 35.8 Å². The summed E-state index contributed by atoms with van der Waals surface area (Å²) in [5.74, 6) is 0.793. The van der Waals surface area contributed by atoms with Crippen molar-refractivity contribution in [2.75, 3.05) is 23.4 Å². The van der Waals surface area contributed by atoms with Crippen molar-refractivity contribution in [3.63, 3.8) is 0 Å². The lowest BCUT2D eigenvalue weighted by atomic mass is 10.0. The van der Waals surface area contributed by atoms with Gasteiger partial charge < -0.3 is 15.0 Å². The van der Waals surface area contributed by atoms with Crippen molar-refractivity contribution in [2.24, 2.45) is 0 Å². The van der Waals surface area contributed by atoms with E-state index in [0.29, 0.717) is 35.9 Å². The minimum atomic E-state index is -4.63. The summed E-state index contributed by atoms with van der Waals surface area (Å²) in [6.07, 6.45) is 0.295. The van der Waals surface area contributed by atoms with E-state index in [1.54, 1.807) is 27.9 Å². The van der Waals surface area contributed by atoms with Crippen LogP contribution in [0.25, 0.3) is 0 Å². The van der Waals surface area contributed by atoms with Crippen LogP contribution in [-0.4, -0.2) is 48.3 Å². The third-order valence-electron chi connectivity index (χ3n) is 6.40. The summed E-state index contributed by atoms with van der Waals surface area (Å²) in [7, 11) is 0. The smallest absolute Gasteiger partial charge is 0.417 e. The van der Waals surface area contributed by atoms with Crippen LogP contribution in [0.1, 0.15) is 36.2 Å². The first-order valence-electron chi connectivity index (χ1n) is 12.0. The van der Waals surface area contributed by atoms with E-state index in [4.69, 9.17) is 21.6 Å². The Kier molecular flexibility index (Phi) is 7.16. The summed E-state index contributed by atoms with van der Waals surface area (Å²) in [6, 6.07) is 6.98. The van der Waals surface area contributed by atoms with Gasteiger partial charge in [-0.25, -0.2) is 19.6 Å². The summed E-state index contributed by atoms with van der Waals surface area (Å²) in [6.45, 7) is 4.74. The summed E-state index contributed by atoms with van der Waals surface area (Å²) in [4.78, 5) is 14.8. The lowest BCUT2D eigenvalue weighted by molar-refractivity contribution is -0.137. The molecular weight excluding hydrogens is 549 g/mol. The second kappa shape index (κ2) is 10.6. The van der Waals surface area contributed by atoms with Crippen LogP contribution in [0.3, 0.4) is 0 Å². The van der Waals surface area contributed by atoms with Crippen LogP contribution < -0.4 is 15.0 Å². The fourth-order valence-electron chi connectivity index (χ4n) is 4.23. The Morgan fingerprint density at radius 3 is 2.70 bits per heavy atom. The SMILES string of the molecule is CC(C)(COc1ncc(Nc2ncnc3c2CCN(c2ccc(C#N)c(C(F)(F)F)c2)C3)cc1Cl)n1cnnn1. The van der Waals surface area contributed by atoms with Gasteiger partial charge in [-0.05, 0) is 55.0 Å². The zero-order chi connectivity index (χ0) is 28.5. The molecule has 1 aliphatic rings. The van der Waals surface area contributed by atoms with Crippen LogP contribution in [0, 0.1) is 11.3 Å². The predicted molar refractivity (Wildman–Crippen MR) is 138 cm³/mol. The number of pyridine rings is 1. The molecule has 0 amide bonds. The molecule has 0 radical (unpaired) electrons. The van der Waals surface area contributed by atoms with Gasteiger partial charge in [0.15, 0.2) is 0 Å². The summed E-state index contributed by atoms with van der Waals surface area (Å²) >= 11 is 6.43. The molecule has 3 aromatic heterocycles. The number of rotatable bonds is 7. The lowest BCUT2D eigenvalue weighted by Gasteiger charge is -2.31. The van der Waals surface area contributed by atoms with E-state index in [1.165, 1.54) is 24.8 Å². The number of benzene rings is 1. The van der Waals surface area contributed by atoms with Crippen molar-refractivity contribution in [1.29, 1.82) is 5.26 Å². The third kappa shape index (κ3) is 5.59. The van der Waals surface area contributed by atoms with Gasteiger partial charge in [-0.15, -0.1) is 5.10 Å². The predicted octanol–water partition coefficient (Wildman–Crippen LogP) is 4.52. The Labute approximate surface area is 231 Å². The van der Waals surface area contributed by atoms with Crippen LogP contribution in [0.2, 0.25) is 5.02 Å². The fraction of sp³-hybridized carbons (Fsp3) is 0.320. The molecule has 0 unspecified atom stereocenters. The molecule has 0 atom stereocenters. The van der Waals surface area contributed by atoms with Crippen molar-refractivity contribution in [1.82, 2.24) is 35.2 Å².